The van der Waals surface area contributed by atoms with E-state index in [4.69, 9.17) is 16.3 Å². The van der Waals surface area contributed by atoms with Gasteiger partial charge in [-0.1, -0.05) is 11.6 Å². The molecule has 0 saturated carbocycles. The van der Waals surface area contributed by atoms with Crippen LogP contribution in [0.15, 0.2) is 18.2 Å². The SMILES string of the molecule is CS(=O)(=O)Nc1ccc(C(=O)NCC2CCCO2)c(Cl)c1. The molecule has 1 aliphatic rings. The number of anilines is 1. The second-order valence-electron chi connectivity index (χ2n) is 4.91. The summed E-state index contributed by atoms with van der Waals surface area (Å²) in [6, 6.07) is 4.39. The minimum Gasteiger partial charge on any atom is -0.376 e. The van der Waals surface area contributed by atoms with Gasteiger partial charge in [0.2, 0.25) is 10.0 Å². The Kier molecular flexibility index (Phi) is 5.08. The standard InChI is InChI=1S/C13H17ClN2O4S/c1-21(18,19)16-9-4-5-11(12(14)7-9)13(17)15-8-10-3-2-6-20-10/h4-5,7,10,16H,2-3,6,8H2,1H3,(H,15,17). The minimum absolute atomic E-state index is 0.0545. The monoisotopic (exact) mass is 332 g/mol. The van der Waals surface area contributed by atoms with Gasteiger partial charge in [0.25, 0.3) is 5.91 Å². The van der Waals surface area contributed by atoms with Crippen LogP contribution in [0.5, 0.6) is 0 Å². The zero-order chi connectivity index (χ0) is 15.5. The third-order valence-electron chi connectivity index (χ3n) is 3.03. The first-order valence-electron chi connectivity index (χ1n) is 6.52. The minimum atomic E-state index is -3.37. The lowest BCUT2D eigenvalue weighted by atomic mass is 10.2. The molecule has 0 aliphatic carbocycles. The van der Waals surface area contributed by atoms with E-state index in [1.54, 1.807) is 0 Å². The molecule has 1 aromatic carbocycles. The Bertz CT molecular complexity index is 627. The lowest BCUT2D eigenvalue weighted by Crippen LogP contribution is -2.31. The molecule has 0 radical (unpaired) electrons. The quantitative estimate of drug-likeness (QED) is 0.858. The predicted octanol–water partition coefficient (Wildman–Crippen LogP) is 1.62. The maximum absolute atomic E-state index is 12.0. The van der Waals surface area contributed by atoms with Crippen LogP contribution in [-0.4, -0.2) is 39.8 Å². The van der Waals surface area contributed by atoms with E-state index in [0.29, 0.717) is 17.8 Å². The van der Waals surface area contributed by atoms with E-state index >= 15 is 0 Å². The van der Waals surface area contributed by atoms with Crippen LogP contribution in [0.1, 0.15) is 23.2 Å². The number of ether oxygens (including phenoxy) is 1. The van der Waals surface area contributed by atoms with E-state index in [-0.39, 0.29) is 17.0 Å². The number of rotatable bonds is 5. The smallest absolute Gasteiger partial charge is 0.252 e. The molecular weight excluding hydrogens is 316 g/mol. The molecule has 0 spiro atoms. The zero-order valence-corrected chi connectivity index (χ0v) is 13.1. The molecule has 1 unspecified atom stereocenters. The van der Waals surface area contributed by atoms with Crippen molar-refractivity contribution in [2.24, 2.45) is 0 Å². The van der Waals surface area contributed by atoms with Gasteiger partial charge in [-0.25, -0.2) is 8.42 Å². The highest BCUT2D eigenvalue weighted by Gasteiger charge is 2.18. The van der Waals surface area contributed by atoms with Gasteiger partial charge >= 0.3 is 0 Å². The highest BCUT2D eigenvalue weighted by Crippen LogP contribution is 2.21. The largest absolute Gasteiger partial charge is 0.376 e. The first kappa shape index (κ1) is 16.1. The number of nitrogens with one attached hydrogen (secondary N) is 2. The van der Waals surface area contributed by atoms with Gasteiger partial charge < -0.3 is 10.1 Å². The fourth-order valence-corrected chi connectivity index (χ4v) is 2.91. The summed E-state index contributed by atoms with van der Waals surface area (Å²) in [6.07, 6.45) is 3.04. The maximum Gasteiger partial charge on any atom is 0.252 e. The van der Waals surface area contributed by atoms with E-state index in [0.717, 1.165) is 25.7 Å². The molecule has 1 aliphatic heterocycles. The van der Waals surface area contributed by atoms with Gasteiger partial charge in [0.05, 0.1) is 22.9 Å². The lowest BCUT2D eigenvalue weighted by Gasteiger charge is -2.12. The third-order valence-corrected chi connectivity index (χ3v) is 3.95. The van der Waals surface area contributed by atoms with Crippen LogP contribution in [0.3, 0.4) is 0 Å². The average molecular weight is 333 g/mol. The molecule has 1 atom stereocenters. The molecule has 1 heterocycles. The summed E-state index contributed by atoms with van der Waals surface area (Å²) in [7, 11) is -3.37. The van der Waals surface area contributed by atoms with Crippen LogP contribution in [0.2, 0.25) is 5.02 Å². The Morgan fingerprint density at radius 2 is 2.24 bits per heavy atom. The molecule has 21 heavy (non-hydrogen) atoms. The first-order valence-corrected chi connectivity index (χ1v) is 8.79. The van der Waals surface area contributed by atoms with Crippen molar-refractivity contribution < 1.29 is 17.9 Å². The van der Waals surface area contributed by atoms with Crippen molar-refractivity contribution >= 4 is 33.2 Å². The van der Waals surface area contributed by atoms with Crippen LogP contribution in [-0.2, 0) is 14.8 Å². The molecule has 0 aromatic heterocycles. The number of halogens is 1. The van der Waals surface area contributed by atoms with Gasteiger partial charge in [-0.05, 0) is 31.0 Å². The second kappa shape index (κ2) is 6.64. The molecular formula is C13H17ClN2O4S. The summed E-state index contributed by atoms with van der Waals surface area (Å²) in [5.74, 6) is -0.304. The second-order valence-corrected chi connectivity index (χ2v) is 7.07. The number of sulfonamides is 1. The maximum atomic E-state index is 12.0. The zero-order valence-electron chi connectivity index (χ0n) is 11.6. The van der Waals surface area contributed by atoms with Crippen LogP contribution in [0.4, 0.5) is 5.69 Å². The molecule has 1 aromatic rings. The number of hydrogen-bond donors (Lipinski definition) is 2. The van der Waals surface area contributed by atoms with Gasteiger partial charge in [-0.15, -0.1) is 0 Å². The Balaban J connectivity index is 2.00. The topological polar surface area (TPSA) is 84.5 Å². The normalized spacial score (nSPS) is 18.5. The molecule has 0 bridgehead atoms. The molecule has 2 N–H and O–H groups in total. The van der Waals surface area contributed by atoms with E-state index in [1.807, 2.05) is 0 Å². The summed E-state index contributed by atoms with van der Waals surface area (Å²) in [6.45, 7) is 1.17. The van der Waals surface area contributed by atoms with Crippen molar-refractivity contribution in [1.82, 2.24) is 5.32 Å². The molecule has 8 heteroatoms. The van der Waals surface area contributed by atoms with E-state index in [1.165, 1.54) is 18.2 Å². The number of carbonyl (C=O) groups is 1. The van der Waals surface area contributed by atoms with Gasteiger partial charge in [-0.3, -0.25) is 9.52 Å². The van der Waals surface area contributed by atoms with Crippen molar-refractivity contribution in [2.75, 3.05) is 24.1 Å². The Hall–Kier alpha value is -1.31. The molecule has 6 nitrogen and oxygen atoms in total. The van der Waals surface area contributed by atoms with Crippen LogP contribution in [0.25, 0.3) is 0 Å². The number of amides is 1. The summed E-state index contributed by atoms with van der Waals surface area (Å²) < 4.78 is 30.0. The van der Waals surface area contributed by atoms with Crippen LogP contribution >= 0.6 is 11.6 Å². The molecule has 1 saturated heterocycles. The van der Waals surface area contributed by atoms with Crippen molar-refractivity contribution in [2.45, 2.75) is 18.9 Å². The Morgan fingerprint density at radius 3 is 2.81 bits per heavy atom. The number of carbonyl (C=O) groups excluding carboxylic acids is 1. The van der Waals surface area contributed by atoms with Crippen molar-refractivity contribution in [1.29, 1.82) is 0 Å². The highest BCUT2D eigenvalue weighted by atomic mass is 35.5. The fourth-order valence-electron chi connectivity index (χ4n) is 2.08. The average Bonchev–Trinajstić information content (AvgIpc) is 2.87. The van der Waals surface area contributed by atoms with Gasteiger partial charge in [0, 0.05) is 18.8 Å². The van der Waals surface area contributed by atoms with E-state index in [9.17, 15) is 13.2 Å². The van der Waals surface area contributed by atoms with E-state index < -0.39 is 10.0 Å². The lowest BCUT2D eigenvalue weighted by molar-refractivity contribution is 0.0858. The number of hydrogen-bond acceptors (Lipinski definition) is 4. The first-order chi connectivity index (χ1) is 9.85. The molecule has 1 amide bonds. The third kappa shape index (κ3) is 4.87. The van der Waals surface area contributed by atoms with Crippen LogP contribution < -0.4 is 10.0 Å². The Labute approximate surface area is 128 Å². The van der Waals surface area contributed by atoms with Gasteiger partial charge in [-0.2, -0.15) is 0 Å². The van der Waals surface area contributed by atoms with E-state index in [2.05, 4.69) is 10.0 Å². The van der Waals surface area contributed by atoms with Gasteiger partial charge in [0.15, 0.2) is 0 Å². The predicted molar refractivity (Wildman–Crippen MR) is 81.2 cm³/mol. The van der Waals surface area contributed by atoms with Gasteiger partial charge in [0.1, 0.15) is 0 Å². The highest BCUT2D eigenvalue weighted by molar-refractivity contribution is 7.92. The molecule has 116 valence electrons. The van der Waals surface area contributed by atoms with Crippen molar-refractivity contribution in [3.05, 3.63) is 28.8 Å². The van der Waals surface area contributed by atoms with Crippen LogP contribution in [0, 0.1) is 0 Å². The Morgan fingerprint density at radius 1 is 1.48 bits per heavy atom. The summed E-state index contributed by atoms with van der Waals surface area (Å²) in [5.41, 5.74) is 0.617. The van der Waals surface area contributed by atoms with Crippen molar-refractivity contribution in [3.63, 3.8) is 0 Å². The van der Waals surface area contributed by atoms with Crippen molar-refractivity contribution in [3.8, 4) is 0 Å². The summed E-state index contributed by atoms with van der Waals surface area (Å²) in [5, 5.41) is 2.95. The summed E-state index contributed by atoms with van der Waals surface area (Å²) >= 11 is 6.02. The molecule has 1 fully saturated rings. The summed E-state index contributed by atoms with van der Waals surface area (Å²) in [4.78, 5) is 12.0. The molecule has 2 rings (SSSR count). The number of benzene rings is 1. The fraction of sp³-hybridized carbons (Fsp3) is 0.462.